The second-order valence-corrected chi connectivity index (χ2v) is 7.82. The van der Waals surface area contributed by atoms with E-state index in [1.807, 2.05) is 30.0 Å². The Morgan fingerprint density at radius 3 is 2.58 bits per heavy atom. The van der Waals surface area contributed by atoms with Gasteiger partial charge in [-0.2, -0.15) is 0 Å². The van der Waals surface area contributed by atoms with Gasteiger partial charge in [0.05, 0.1) is 11.5 Å². The average Bonchev–Trinajstić information content (AvgIpc) is 2.83. The summed E-state index contributed by atoms with van der Waals surface area (Å²) < 4.78 is 0. The van der Waals surface area contributed by atoms with Gasteiger partial charge in [0.2, 0.25) is 5.91 Å². The molecule has 2 heterocycles. The van der Waals surface area contributed by atoms with Crippen LogP contribution in [-0.4, -0.2) is 64.8 Å². The summed E-state index contributed by atoms with van der Waals surface area (Å²) in [5.74, 6) is -0.402. The highest BCUT2D eigenvalue weighted by molar-refractivity contribution is 7.99. The third-order valence-electron chi connectivity index (χ3n) is 5.51. The fourth-order valence-electron chi connectivity index (χ4n) is 3.96. The maximum atomic E-state index is 12.0. The minimum absolute atomic E-state index is 0.0320. The Labute approximate surface area is 147 Å². The molecule has 0 aromatic heterocycles. The highest BCUT2D eigenvalue weighted by Crippen LogP contribution is 2.42. The molecule has 1 N–H and O–H groups in total. The van der Waals surface area contributed by atoms with E-state index in [0.29, 0.717) is 0 Å². The number of hydrogen-bond donors (Lipinski definition) is 1. The molecule has 2 fully saturated rings. The number of likely N-dealkylation sites (tertiary alicyclic amines) is 2. The van der Waals surface area contributed by atoms with E-state index >= 15 is 0 Å². The lowest BCUT2D eigenvalue weighted by molar-refractivity contribution is -0.146. The van der Waals surface area contributed by atoms with Gasteiger partial charge in [0, 0.05) is 43.8 Å². The van der Waals surface area contributed by atoms with Crippen molar-refractivity contribution in [3.05, 3.63) is 30.3 Å². The Hall–Kier alpha value is -1.53. The van der Waals surface area contributed by atoms with Crippen LogP contribution in [0.15, 0.2) is 35.2 Å². The number of thioether (sulfide) groups is 1. The summed E-state index contributed by atoms with van der Waals surface area (Å²) in [5.41, 5.74) is -0.480. The third-order valence-corrected chi connectivity index (χ3v) is 6.50. The first-order valence-corrected chi connectivity index (χ1v) is 9.41. The van der Waals surface area contributed by atoms with E-state index < -0.39 is 17.4 Å². The smallest absolute Gasteiger partial charge is 0.309 e. The lowest BCUT2D eigenvalue weighted by atomic mass is 9.77. The molecule has 6 heteroatoms. The van der Waals surface area contributed by atoms with Crippen LogP contribution in [0, 0.1) is 5.92 Å². The molecule has 0 aliphatic carbocycles. The number of carbonyl (C=O) groups is 2. The first kappa shape index (κ1) is 17.3. The molecule has 3 rings (SSSR count). The lowest BCUT2D eigenvalue weighted by Crippen LogP contribution is -2.56. The van der Waals surface area contributed by atoms with Gasteiger partial charge in [0.15, 0.2) is 0 Å². The molecule has 2 aliphatic rings. The number of nitrogens with zero attached hydrogens (tertiary/aromatic N) is 2. The first-order chi connectivity index (χ1) is 11.5. The molecule has 2 saturated heterocycles. The largest absolute Gasteiger partial charge is 0.481 e. The maximum Gasteiger partial charge on any atom is 0.309 e. The first-order valence-electron chi connectivity index (χ1n) is 8.42. The molecule has 0 saturated carbocycles. The van der Waals surface area contributed by atoms with Crippen molar-refractivity contribution >= 4 is 23.6 Å². The van der Waals surface area contributed by atoms with Gasteiger partial charge in [-0.05, 0) is 25.0 Å². The van der Waals surface area contributed by atoms with Crippen LogP contribution >= 0.6 is 11.8 Å². The predicted octanol–water partition coefficient (Wildman–Crippen LogP) is 2.18. The fourth-order valence-corrected chi connectivity index (χ4v) is 4.89. The topological polar surface area (TPSA) is 60.9 Å². The number of carboxylic acid groups (broad SMARTS) is 1. The van der Waals surface area contributed by atoms with Crippen molar-refractivity contribution in [2.24, 2.45) is 5.92 Å². The van der Waals surface area contributed by atoms with Gasteiger partial charge in [-0.25, -0.2) is 0 Å². The summed E-state index contributed by atoms with van der Waals surface area (Å²) in [5, 5.41) is 9.50. The molecule has 24 heavy (non-hydrogen) atoms. The van der Waals surface area contributed by atoms with Crippen molar-refractivity contribution in [3.8, 4) is 0 Å². The average molecular weight is 348 g/mol. The van der Waals surface area contributed by atoms with Crippen LogP contribution in [0.2, 0.25) is 0 Å². The second-order valence-electron chi connectivity index (χ2n) is 6.65. The van der Waals surface area contributed by atoms with Crippen molar-refractivity contribution in [2.45, 2.75) is 29.7 Å². The molecular weight excluding hydrogens is 324 g/mol. The van der Waals surface area contributed by atoms with E-state index in [0.717, 1.165) is 38.2 Å². The van der Waals surface area contributed by atoms with E-state index in [4.69, 9.17) is 0 Å². The molecule has 0 bridgehead atoms. The van der Waals surface area contributed by atoms with Gasteiger partial charge < -0.3 is 14.9 Å². The number of piperidine rings is 1. The van der Waals surface area contributed by atoms with Crippen LogP contribution in [0.25, 0.3) is 0 Å². The number of carbonyl (C=O) groups excluding carboxylic acids is 1. The minimum atomic E-state index is -0.833. The molecule has 1 aromatic rings. The predicted molar refractivity (Wildman–Crippen MR) is 94.1 cm³/mol. The summed E-state index contributed by atoms with van der Waals surface area (Å²) in [6.45, 7) is 2.71. The Kier molecular flexibility index (Phi) is 5.15. The summed E-state index contributed by atoms with van der Waals surface area (Å²) in [4.78, 5) is 29.0. The van der Waals surface area contributed by atoms with Crippen LogP contribution in [0.1, 0.15) is 19.3 Å². The highest BCUT2D eigenvalue weighted by Gasteiger charge is 2.55. The van der Waals surface area contributed by atoms with Gasteiger partial charge in [-0.1, -0.05) is 18.2 Å². The SMILES string of the molecule is CN1C(=O)CC(C(=O)O)C12CCN(CCSc1ccccc1)CC2. The summed E-state index contributed by atoms with van der Waals surface area (Å²) in [6.07, 6.45) is 1.65. The number of carboxylic acids is 1. The van der Waals surface area contributed by atoms with Gasteiger partial charge in [-0.3, -0.25) is 9.59 Å². The summed E-state index contributed by atoms with van der Waals surface area (Å²) in [7, 11) is 1.77. The molecule has 1 atom stereocenters. The monoisotopic (exact) mass is 348 g/mol. The van der Waals surface area contributed by atoms with Crippen molar-refractivity contribution in [1.29, 1.82) is 0 Å². The molecule has 1 unspecified atom stereocenters. The van der Waals surface area contributed by atoms with Crippen LogP contribution in [0.5, 0.6) is 0 Å². The van der Waals surface area contributed by atoms with Crippen LogP contribution in [0.3, 0.4) is 0 Å². The molecule has 5 nitrogen and oxygen atoms in total. The van der Waals surface area contributed by atoms with E-state index in [9.17, 15) is 14.7 Å². The van der Waals surface area contributed by atoms with Crippen molar-refractivity contribution in [2.75, 3.05) is 32.4 Å². The third kappa shape index (κ3) is 3.30. The van der Waals surface area contributed by atoms with Crippen LogP contribution in [-0.2, 0) is 9.59 Å². The number of aliphatic carboxylic acids is 1. The van der Waals surface area contributed by atoms with E-state index in [1.165, 1.54) is 4.90 Å². The van der Waals surface area contributed by atoms with Crippen molar-refractivity contribution < 1.29 is 14.7 Å². The number of amides is 1. The van der Waals surface area contributed by atoms with Gasteiger partial charge in [0.25, 0.3) is 0 Å². The quantitative estimate of drug-likeness (QED) is 0.827. The molecule has 2 aliphatic heterocycles. The molecule has 130 valence electrons. The Morgan fingerprint density at radius 1 is 1.29 bits per heavy atom. The van der Waals surface area contributed by atoms with Crippen LogP contribution in [0.4, 0.5) is 0 Å². The summed E-state index contributed by atoms with van der Waals surface area (Å²) >= 11 is 1.84. The molecule has 1 aromatic carbocycles. The van der Waals surface area contributed by atoms with Gasteiger partial charge in [-0.15, -0.1) is 11.8 Å². The molecule has 1 spiro atoms. The van der Waals surface area contributed by atoms with Gasteiger partial charge >= 0.3 is 5.97 Å². The fraction of sp³-hybridized carbons (Fsp3) is 0.556. The van der Waals surface area contributed by atoms with Crippen LogP contribution < -0.4 is 0 Å². The Morgan fingerprint density at radius 2 is 1.96 bits per heavy atom. The normalized spacial score (nSPS) is 23.8. The zero-order valence-corrected chi connectivity index (χ0v) is 14.8. The Balaban J connectivity index is 1.53. The zero-order chi connectivity index (χ0) is 17.2. The van der Waals surface area contributed by atoms with E-state index in [2.05, 4.69) is 17.0 Å². The van der Waals surface area contributed by atoms with E-state index in [-0.39, 0.29) is 12.3 Å². The van der Waals surface area contributed by atoms with E-state index in [1.54, 1.807) is 11.9 Å². The summed E-state index contributed by atoms with van der Waals surface area (Å²) in [6, 6.07) is 10.4. The number of rotatable bonds is 5. The standard InChI is InChI=1S/C18H24N2O3S/c1-19-16(21)13-15(17(22)23)18(19)7-9-20(10-8-18)11-12-24-14-5-3-2-4-6-14/h2-6,15H,7-13H2,1H3,(H,22,23). The number of benzene rings is 1. The van der Waals surface area contributed by atoms with Gasteiger partial charge in [0.1, 0.15) is 0 Å². The second kappa shape index (κ2) is 7.15. The molecular formula is C18H24N2O3S. The zero-order valence-electron chi connectivity index (χ0n) is 14.0. The highest BCUT2D eigenvalue weighted by atomic mass is 32.2. The Bertz CT molecular complexity index is 600. The van der Waals surface area contributed by atoms with Crippen molar-refractivity contribution in [3.63, 3.8) is 0 Å². The lowest BCUT2D eigenvalue weighted by Gasteiger charge is -2.45. The maximum absolute atomic E-state index is 12.0. The molecule has 0 radical (unpaired) electrons. The van der Waals surface area contributed by atoms with Crippen molar-refractivity contribution in [1.82, 2.24) is 9.80 Å². The molecule has 1 amide bonds. The minimum Gasteiger partial charge on any atom is -0.481 e. The number of hydrogen-bond acceptors (Lipinski definition) is 4.